The minimum absolute atomic E-state index is 0.121. The van der Waals surface area contributed by atoms with E-state index in [1.165, 1.54) is 12.7 Å². The van der Waals surface area contributed by atoms with E-state index in [-0.39, 0.29) is 12.5 Å². The number of fused-ring (bicyclic) bond motifs is 1. The average molecular weight is 394 g/mol. The van der Waals surface area contributed by atoms with Gasteiger partial charge in [-0.05, 0) is 44.5 Å². The molecular formula is C22H26N4O3. The smallest absolute Gasteiger partial charge is 0.275 e. The van der Waals surface area contributed by atoms with Crippen molar-refractivity contribution >= 4 is 16.7 Å². The number of piperidine rings is 1. The molecule has 1 aromatic carbocycles. The normalized spacial score (nSPS) is 17.4. The fourth-order valence-corrected chi connectivity index (χ4v) is 3.92. The van der Waals surface area contributed by atoms with Crippen molar-refractivity contribution in [2.24, 2.45) is 5.92 Å². The molecule has 1 saturated heterocycles. The number of carbonyl (C=O) groups is 1. The van der Waals surface area contributed by atoms with Crippen molar-refractivity contribution in [2.45, 2.75) is 19.4 Å². The molecule has 7 heteroatoms. The van der Waals surface area contributed by atoms with Crippen LogP contribution in [-0.4, -0.2) is 59.4 Å². The highest BCUT2D eigenvalue weighted by atomic mass is 16.5. The van der Waals surface area contributed by atoms with Gasteiger partial charge in [-0.1, -0.05) is 12.1 Å². The number of aromatic nitrogens is 2. The summed E-state index contributed by atoms with van der Waals surface area (Å²) in [6, 6.07) is 7.71. The summed E-state index contributed by atoms with van der Waals surface area (Å²) in [5, 5.41) is 1.98. The second kappa shape index (κ2) is 8.61. The summed E-state index contributed by atoms with van der Waals surface area (Å²) in [4.78, 5) is 25.2. The van der Waals surface area contributed by atoms with Crippen molar-refractivity contribution in [3.05, 3.63) is 54.5 Å². The number of carbonyl (C=O) groups excluding carboxylic acids is 1. The van der Waals surface area contributed by atoms with Gasteiger partial charge in [-0.15, -0.1) is 0 Å². The Kier molecular flexibility index (Phi) is 5.76. The quantitative estimate of drug-likeness (QED) is 0.639. The van der Waals surface area contributed by atoms with Gasteiger partial charge in [-0.3, -0.25) is 9.78 Å². The van der Waals surface area contributed by atoms with Gasteiger partial charge < -0.3 is 19.0 Å². The minimum Gasteiger partial charge on any atom is -0.483 e. The number of rotatable bonds is 6. The molecule has 0 aliphatic carbocycles. The first kappa shape index (κ1) is 19.4. The van der Waals surface area contributed by atoms with E-state index in [4.69, 9.17) is 9.15 Å². The van der Waals surface area contributed by atoms with Crippen LogP contribution in [0.3, 0.4) is 0 Å². The van der Waals surface area contributed by atoms with Crippen LogP contribution in [0.1, 0.15) is 29.2 Å². The second-order valence-electron chi connectivity index (χ2n) is 7.72. The van der Waals surface area contributed by atoms with Crippen LogP contribution >= 0.6 is 0 Å². The van der Waals surface area contributed by atoms with Crippen molar-refractivity contribution in [2.75, 3.05) is 33.7 Å². The lowest BCUT2D eigenvalue weighted by Gasteiger charge is -2.32. The molecule has 0 radical (unpaired) electrons. The van der Waals surface area contributed by atoms with E-state index >= 15 is 0 Å². The lowest BCUT2D eigenvalue weighted by molar-refractivity contribution is 0.0735. The number of oxazole rings is 1. The molecule has 7 nitrogen and oxygen atoms in total. The summed E-state index contributed by atoms with van der Waals surface area (Å²) in [7, 11) is 3.95. The fraction of sp³-hybridized carbons (Fsp3) is 0.409. The lowest BCUT2D eigenvalue weighted by Crippen LogP contribution is -2.40. The van der Waals surface area contributed by atoms with E-state index in [0.717, 1.165) is 42.6 Å². The molecule has 1 fully saturated rings. The summed E-state index contributed by atoms with van der Waals surface area (Å²) >= 11 is 0. The summed E-state index contributed by atoms with van der Waals surface area (Å²) in [6.07, 6.45) is 7.28. The molecule has 152 valence electrons. The van der Waals surface area contributed by atoms with Crippen LogP contribution in [0, 0.1) is 5.92 Å². The van der Waals surface area contributed by atoms with E-state index in [1.54, 1.807) is 17.3 Å². The first-order valence-electron chi connectivity index (χ1n) is 9.94. The fourth-order valence-electron chi connectivity index (χ4n) is 3.92. The number of pyridine rings is 1. The molecule has 0 spiro atoms. The zero-order valence-electron chi connectivity index (χ0n) is 16.9. The molecule has 3 aromatic rings. The Bertz CT molecular complexity index is 982. The molecule has 2 aromatic heterocycles. The standard InChI is InChI=1S/C22H26N4O3/c1-25-10-4-5-16(12-25)13-26(2)22(27)19-14-29-21(24-19)15-28-20-7-3-6-17-11-23-9-8-18(17)20/h3,6-9,11,14,16H,4-5,10,12-13,15H2,1-2H3/t16-/m0/s1. The van der Waals surface area contributed by atoms with Crippen LogP contribution in [0.5, 0.6) is 5.75 Å². The van der Waals surface area contributed by atoms with E-state index < -0.39 is 0 Å². The van der Waals surface area contributed by atoms with Gasteiger partial charge in [0.2, 0.25) is 5.89 Å². The number of benzene rings is 1. The summed E-state index contributed by atoms with van der Waals surface area (Å²) in [6.45, 7) is 3.04. The summed E-state index contributed by atoms with van der Waals surface area (Å²) in [5.74, 6) is 1.49. The molecule has 29 heavy (non-hydrogen) atoms. The number of nitrogens with zero attached hydrogens (tertiary/aromatic N) is 4. The number of hydrogen-bond donors (Lipinski definition) is 0. The maximum absolute atomic E-state index is 12.7. The molecule has 1 atom stereocenters. The second-order valence-corrected chi connectivity index (χ2v) is 7.72. The van der Waals surface area contributed by atoms with Gasteiger partial charge in [0, 0.05) is 43.3 Å². The highest BCUT2D eigenvalue weighted by Gasteiger charge is 2.23. The van der Waals surface area contributed by atoms with Crippen LogP contribution in [0.4, 0.5) is 0 Å². The van der Waals surface area contributed by atoms with Gasteiger partial charge in [-0.2, -0.15) is 0 Å². The van der Waals surface area contributed by atoms with Crippen LogP contribution in [-0.2, 0) is 6.61 Å². The Labute approximate surface area is 170 Å². The molecule has 3 heterocycles. The zero-order chi connectivity index (χ0) is 20.2. The van der Waals surface area contributed by atoms with Crippen molar-refractivity contribution in [3.8, 4) is 5.75 Å². The van der Waals surface area contributed by atoms with Crippen LogP contribution < -0.4 is 4.74 Å². The lowest BCUT2D eigenvalue weighted by atomic mass is 9.98. The Hall–Kier alpha value is -2.93. The maximum Gasteiger partial charge on any atom is 0.275 e. The van der Waals surface area contributed by atoms with Gasteiger partial charge in [0.05, 0.1) is 0 Å². The van der Waals surface area contributed by atoms with Gasteiger partial charge >= 0.3 is 0 Å². The van der Waals surface area contributed by atoms with Gasteiger partial charge in [0.15, 0.2) is 12.3 Å². The van der Waals surface area contributed by atoms with Crippen molar-refractivity contribution in [1.82, 2.24) is 19.8 Å². The van der Waals surface area contributed by atoms with Gasteiger partial charge in [0.1, 0.15) is 12.0 Å². The average Bonchev–Trinajstić information content (AvgIpc) is 3.20. The first-order chi connectivity index (χ1) is 14.1. The molecule has 4 rings (SSSR count). The van der Waals surface area contributed by atoms with Crippen molar-refractivity contribution in [3.63, 3.8) is 0 Å². The van der Waals surface area contributed by atoms with Crippen LogP contribution in [0.15, 0.2) is 47.3 Å². The maximum atomic E-state index is 12.7. The van der Waals surface area contributed by atoms with Gasteiger partial charge in [0.25, 0.3) is 5.91 Å². The van der Waals surface area contributed by atoms with Gasteiger partial charge in [-0.25, -0.2) is 4.98 Å². The summed E-state index contributed by atoms with van der Waals surface area (Å²) in [5.41, 5.74) is 0.317. The molecule has 0 N–H and O–H groups in total. The van der Waals surface area contributed by atoms with E-state index in [0.29, 0.717) is 17.5 Å². The predicted octanol–water partition coefficient (Wildman–Crippen LogP) is 3.22. The Balaban J connectivity index is 1.37. The highest BCUT2D eigenvalue weighted by molar-refractivity contribution is 5.91. The molecule has 1 aliphatic rings. The number of amides is 1. The topological polar surface area (TPSA) is 71.7 Å². The van der Waals surface area contributed by atoms with Crippen LogP contribution in [0.25, 0.3) is 10.8 Å². The SMILES string of the molecule is CN1CCC[C@H](CN(C)C(=O)c2coc(COc3cccc4cnccc34)n2)C1. The molecule has 0 bridgehead atoms. The number of hydrogen-bond acceptors (Lipinski definition) is 6. The minimum atomic E-state index is -0.121. The summed E-state index contributed by atoms with van der Waals surface area (Å²) < 4.78 is 11.4. The Morgan fingerprint density at radius 3 is 3.14 bits per heavy atom. The molecule has 0 unspecified atom stereocenters. The number of likely N-dealkylation sites (tertiary alicyclic amines) is 1. The third-order valence-electron chi connectivity index (χ3n) is 5.36. The third-order valence-corrected chi connectivity index (χ3v) is 5.36. The molecule has 1 amide bonds. The Morgan fingerprint density at radius 1 is 1.38 bits per heavy atom. The molecular weight excluding hydrogens is 368 g/mol. The Morgan fingerprint density at radius 2 is 2.28 bits per heavy atom. The third kappa shape index (κ3) is 4.56. The number of ether oxygens (including phenoxy) is 1. The van der Waals surface area contributed by atoms with E-state index in [2.05, 4.69) is 21.9 Å². The molecule has 1 aliphatic heterocycles. The molecule has 0 saturated carbocycles. The van der Waals surface area contributed by atoms with Crippen molar-refractivity contribution < 1.29 is 13.9 Å². The first-order valence-corrected chi connectivity index (χ1v) is 9.94. The van der Waals surface area contributed by atoms with E-state index in [9.17, 15) is 4.79 Å². The largest absolute Gasteiger partial charge is 0.483 e. The van der Waals surface area contributed by atoms with Crippen molar-refractivity contribution in [1.29, 1.82) is 0 Å². The van der Waals surface area contributed by atoms with Crippen LogP contribution in [0.2, 0.25) is 0 Å². The monoisotopic (exact) mass is 394 g/mol. The van der Waals surface area contributed by atoms with E-state index in [1.807, 2.05) is 31.3 Å². The zero-order valence-corrected chi connectivity index (χ0v) is 16.9. The predicted molar refractivity (Wildman–Crippen MR) is 110 cm³/mol. The highest BCUT2D eigenvalue weighted by Crippen LogP contribution is 2.25.